The Morgan fingerprint density at radius 3 is 2.54 bits per heavy atom. The van der Waals surface area contributed by atoms with Crippen molar-refractivity contribution in [2.45, 2.75) is 19.5 Å². The van der Waals surface area contributed by atoms with Crippen molar-refractivity contribution in [1.29, 1.82) is 0 Å². The molecular formula is C21H30IN5O. The highest BCUT2D eigenvalue weighted by Crippen LogP contribution is 2.13. The first-order valence-electron chi connectivity index (χ1n) is 9.56. The van der Waals surface area contributed by atoms with Crippen LogP contribution in [-0.2, 0) is 24.2 Å². The first-order valence-corrected chi connectivity index (χ1v) is 9.56. The molecule has 1 aliphatic rings. The van der Waals surface area contributed by atoms with Gasteiger partial charge in [-0.1, -0.05) is 30.3 Å². The summed E-state index contributed by atoms with van der Waals surface area (Å²) in [4.78, 5) is 11.1. The van der Waals surface area contributed by atoms with Gasteiger partial charge in [-0.3, -0.25) is 14.9 Å². The second kappa shape index (κ2) is 12.7. The molecule has 2 N–H and O–H groups in total. The summed E-state index contributed by atoms with van der Waals surface area (Å²) in [5.41, 5.74) is 3.74. The lowest BCUT2D eigenvalue weighted by Gasteiger charge is -2.27. The summed E-state index contributed by atoms with van der Waals surface area (Å²) in [5, 5.41) is 6.79. The lowest BCUT2D eigenvalue weighted by molar-refractivity contribution is 0.0341. The topological polar surface area (TPSA) is 61.8 Å². The van der Waals surface area contributed by atoms with Crippen molar-refractivity contribution in [2.24, 2.45) is 4.99 Å². The lowest BCUT2D eigenvalue weighted by Crippen LogP contribution is -2.38. The molecule has 2 aromatic rings. The first-order chi connectivity index (χ1) is 13.3. The zero-order valence-corrected chi connectivity index (χ0v) is 18.8. The van der Waals surface area contributed by atoms with Crippen LogP contribution in [0.5, 0.6) is 0 Å². The Kier molecular flexibility index (Phi) is 10.2. The highest BCUT2D eigenvalue weighted by Gasteiger charge is 2.12. The number of aromatic nitrogens is 1. The maximum absolute atomic E-state index is 5.45. The zero-order chi connectivity index (χ0) is 18.7. The van der Waals surface area contributed by atoms with Crippen LogP contribution < -0.4 is 10.6 Å². The Morgan fingerprint density at radius 2 is 1.82 bits per heavy atom. The van der Waals surface area contributed by atoms with Crippen LogP contribution in [-0.4, -0.2) is 55.7 Å². The van der Waals surface area contributed by atoms with Gasteiger partial charge >= 0.3 is 0 Å². The summed E-state index contributed by atoms with van der Waals surface area (Å²) >= 11 is 0. The molecule has 6 nitrogen and oxygen atoms in total. The Bertz CT molecular complexity index is 720. The number of morpholine rings is 1. The number of nitrogens with zero attached hydrogens (tertiary/aromatic N) is 3. The van der Waals surface area contributed by atoms with Gasteiger partial charge in [-0.05, 0) is 23.3 Å². The number of guanidine groups is 1. The number of nitrogens with one attached hydrogen (secondary N) is 2. The average Bonchev–Trinajstić information content (AvgIpc) is 2.73. The number of halogens is 1. The number of hydrogen-bond acceptors (Lipinski definition) is 4. The fourth-order valence-corrected chi connectivity index (χ4v) is 3.14. The molecule has 0 saturated carbocycles. The molecule has 3 rings (SSSR count). The van der Waals surface area contributed by atoms with Gasteiger partial charge in [-0.25, -0.2) is 0 Å². The molecule has 1 saturated heterocycles. The zero-order valence-electron chi connectivity index (χ0n) is 16.4. The van der Waals surface area contributed by atoms with E-state index in [9.17, 15) is 0 Å². The monoisotopic (exact) mass is 495 g/mol. The van der Waals surface area contributed by atoms with Gasteiger partial charge < -0.3 is 15.4 Å². The van der Waals surface area contributed by atoms with E-state index in [4.69, 9.17) is 4.74 Å². The molecule has 1 aliphatic heterocycles. The summed E-state index contributed by atoms with van der Waals surface area (Å²) in [6.45, 7) is 6.17. The van der Waals surface area contributed by atoms with Crippen LogP contribution in [0.1, 0.15) is 16.8 Å². The van der Waals surface area contributed by atoms with E-state index >= 15 is 0 Å². The largest absolute Gasteiger partial charge is 0.379 e. The Balaban J connectivity index is 0.00000280. The third kappa shape index (κ3) is 7.37. The summed E-state index contributed by atoms with van der Waals surface area (Å²) in [7, 11) is 1.80. The molecule has 1 aromatic heterocycles. The van der Waals surface area contributed by atoms with Crippen LogP contribution >= 0.6 is 24.0 Å². The minimum absolute atomic E-state index is 0. The molecule has 0 aliphatic carbocycles. The minimum Gasteiger partial charge on any atom is -0.379 e. The molecule has 2 heterocycles. The standard InChI is InChI=1S/C21H29N5O.HI/c1-22-21(24-11-9-20-8-4-5-10-23-20)25-16-18-6-2-3-7-19(18)17-26-12-14-27-15-13-26;/h2-8,10H,9,11-17H2,1H3,(H2,22,24,25);1H. The quantitative estimate of drug-likeness (QED) is 0.351. The predicted molar refractivity (Wildman–Crippen MR) is 124 cm³/mol. The molecule has 0 spiro atoms. The van der Waals surface area contributed by atoms with Crippen LogP contribution in [0.2, 0.25) is 0 Å². The Morgan fingerprint density at radius 1 is 1.07 bits per heavy atom. The van der Waals surface area contributed by atoms with Crippen molar-refractivity contribution < 1.29 is 4.74 Å². The van der Waals surface area contributed by atoms with Gasteiger partial charge in [0.1, 0.15) is 0 Å². The Hall–Kier alpha value is -1.71. The van der Waals surface area contributed by atoms with E-state index in [1.165, 1.54) is 11.1 Å². The molecule has 0 bridgehead atoms. The predicted octanol–water partition coefficient (Wildman–Crippen LogP) is 2.44. The molecule has 0 atom stereocenters. The van der Waals surface area contributed by atoms with Crippen LogP contribution in [0, 0.1) is 0 Å². The summed E-state index contributed by atoms with van der Waals surface area (Å²) in [6, 6.07) is 14.6. The number of pyridine rings is 1. The van der Waals surface area contributed by atoms with Gasteiger partial charge in [-0.15, -0.1) is 24.0 Å². The van der Waals surface area contributed by atoms with Gasteiger partial charge in [0.2, 0.25) is 0 Å². The maximum atomic E-state index is 5.45. The molecule has 0 amide bonds. The van der Waals surface area contributed by atoms with Gasteiger partial charge in [0.05, 0.1) is 13.2 Å². The van der Waals surface area contributed by atoms with E-state index in [1.807, 2.05) is 24.4 Å². The third-order valence-electron chi connectivity index (χ3n) is 4.69. The molecule has 0 radical (unpaired) electrons. The van der Waals surface area contributed by atoms with Crippen molar-refractivity contribution in [3.05, 3.63) is 65.5 Å². The van der Waals surface area contributed by atoms with Crippen LogP contribution in [0.3, 0.4) is 0 Å². The summed E-state index contributed by atoms with van der Waals surface area (Å²) in [5.74, 6) is 0.812. The third-order valence-corrected chi connectivity index (χ3v) is 4.69. The average molecular weight is 495 g/mol. The van der Waals surface area contributed by atoms with Crippen LogP contribution in [0.15, 0.2) is 53.7 Å². The van der Waals surface area contributed by atoms with Gasteiger partial charge in [0.15, 0.2) is 5.96 Å². The fraction of sp³-hybridized carbons (Fsp3) is 0.429. The smallest absolute Gasteiger partial charge is 0.191 e. The number of benzene rings is 1. The first kappa shape index (κ1) is 22.6. The second-order valence-electron chi connectivity index (χ2n) is 6.58. The van der Waals surface area contributed by atoms with Gasteiger partial charge in [-0.2, -0.15) is 0 Å². The van der Waals surface area contributed by atoms with Gasteiger partial charge in [0.25, 0.3) is 0 Å². The highest BCUT2D eigenvalue weighted by atomic mass is 127. The molecular weight excluding hydrogens is 465 g/mol. The van der Waals surface area contributed by atoms with E-state index in [-0.39, 0.29) is 24.0 Å². The maximum Gasteiger partial charge on any atom is 0.191 e. The molecule has 1 fully saturated rings. The Labute approximate surface area is 184 Å². The second-order valence-corrected chi connectivity index (χ2v) is 6.58. The molecule has 0 unspecified atom stereocenters. The van der Waals surface area contributed by atoms with Crippen molar-refractivity contribution >= 4 is 29.9 Å². The molecule has 7 heteroatoms. The van der Waals surface area contributed by atoms with E-state index < -0.39 is 0 Å². The van der Waals surface area contributed by atoms with Gasteiger partial charge in [0, 0.05) is 58.1 Å². The lowest BCUT2D eigenvalue weighted by atomic mass is 10.1. The van der Waals surface area contributed by atoms with Crippen molar-refractivity contribution in [1.82, 2.24) is 20.5 Å². The normalized spacial score (nSPS) is 15.0. The number of ether oxygens (including phenoxy) is 1. The molecule has 152 valence electrons. The van der Waals surface area contributed by atoms with E-state index in [0.717, 1.165) is 64.0 Å². The SMILES string of the molecule is CN=C(NCCc1ccccn1)NCc1ccccc1CN1CCOCC1.I. The number of hydrogen-bond donors (Lipinski definition) is 2. The van der Waals surface area contributed by atoms with Crippen molar-refractivity contribution in [2.75, 3.05) is 39.9 Å². The number of aliphatic imine (C=N–C) groups is 1. The summed E-state index contributed by atoms with van der Waals surface area (Å²) in [6.07, 6.45) is 2.70. The summed E-state index contributed by atoms with van der Waals surface area (Å²) < 4.78 is 5.45. The highest BCUT2D eigenvalue weighted by molar-refractivity contribution is 14.0. The number of rotatable bonds is 7. The van der Waals surface area contributed by atoms with E-state index in [2.05, 4.69) is 49.8 Å². The van der Waals surface area contributed by atoms with Crippen molar-refractivity contribution in [3.8, 4) is 0 Å². The minimum atomic E-state index is 0. The molecule has 1 aromatic carbocycles. The van der Waals surface area contributed by atoms with Crippen molar-refractivity contribution in [3.63, 3.8) is 0 Å². The van der Waals surface area contributed by atoms with Crippen LogP contribution in [0.25, 0.3) is 0 Å². The van der Waals surface area contributed by atoms with E-state index in [1.54, 1.807) is 7.05 Å². The van der Waals surface area contributed by atoms with Crippen LogP contribution in [0.4, 0.5) is 0 Å². The van der Waals surface area contributed by atoms with E-state index in [0.29, 0.717) is 0 Å². The fourth-order valence-electron chi connectivity index (χ4n) is 3.14. The molecule has 28 heavy (non-hydrogen) atoms.